The lowest BCUT2D eigenvalue weighted by Gasteiger charge is -2.17. The van der Waals surface area contributed by atoms with Gasteiger partial charge in [-0.3, -0.25) is 4.79 Å². The number of aromatic hydroxyl groups is 1. The summed E-state index contributed by atoms with van der Waals surface area (Å²) in [5.41, 5.74) is 1.02. The number of carbonyl (C=O) groups excluding carboxylic acids is 1. The molecule has 1 aromatic rings. The molecule has 0 fully saturated rings. The summed E-state index contributed by atoms with van der Waals surface area (Å²) in [7, 11) is 1.84. The molecular formula is C15H25NO2. The standard InChI is InChI=1S/C13H19NO2.C2H6/c1-9(2)13(16)8-12(14-3)10-4-6-11(15)7-5-10;1-2/h4-7,9,12,14-15H,8H2,1-3H3;1-2H3. The molecule has 1 atom stereocenters. The first-order valence-corrected chi connectivity index (χ1v) is 6.53. The van der Waals surface area contributed by atoms with Gasteiger partial charge in [0.05, 0.1) is 0 Å². The summed E-state index contributed by atoms with van der Waals surface area (Å²) >= 11 is 0. The molecule has 1 aromatic carbocycles. The topological polar surface area (TPSA) is 49.3 Å². The number of benzene rings is 1. The Balaban J connectivity index is 0.00000137. The third kappa shape index (κ3) is 5.32. The number of hydrogen-bond acceptors (Lipinski definition) is 3. The van der Waals surface area contributed by atoms with E-state index in [1.54, 1.807) is 12.1 Å². The predicted molar refractivity (Wildman–Crippen MR) is 75.7 cm³/mol. The molecule has 3 nitrogen and oxygen atoms in total. The van der Waals surface area contributed by atoms with Crippen LogP contribution in [0.3, 0.4) is 0 Å². The molecule has 102 valence electrons. The summed E-state index contributed by atoms with van der Waals surface area (Å²) in [4.78, 5) is 11.7. The third-order valence-electron chi connectivity index (χ3n) is 2.69. The van der Waals surface area contributed by atoms with Crippen molar-refractivity contribution >= 4 is 5.78 Å². The van der Waals surface area contributed by atoms with Crippen LogP contribution >= 0.6 is 0 Å². The highest BCUT2D eigenvalue weighted by Gasteiger charge is 2.16. The molecule has 0 spiro atoms. The van der Waals surface area contributed by atoms with Gasteiger partial charge in [0.1, 0.15) is 11.5 Å². The van der Waals surface area contributed by atoms with Gasteiger partial charge in [-0.1, -0.05) is 39.8 Å². The fourth-order valence-corrected chi connectivity index (χ4v) is 1.53. The van der Waals surface area contributed by atoms with E-state index < -0.39 is 0 Å². The highest BCUT2D eigenvalue weighted by atomic mass is 16.3. The van der Waals surface area contributed by atoms with Crippen LogP contribution in [0.25, 0.3) is 0 Å². The van der Waals surface area contributed by atoms with Gasteiger partial charge in [-0.2, -0.15) is 0 Å². The summed E-state index contributed by atoms with van der Waals surface area (Å²) < 4.78 is 0. The van der Waals surface area contributed by atoms with Crippen molar-refractivity contribution in [2.75, 3.05) is 7.05 Å². The third-order valence-corrected chi connectivity index (χ3v) is 2.69. The number of carbonyl (C=O) groups is 1. The number of phenols is 1. The molecule has 0 radical (unpaired) electrons. The minimum Gasteiger partial charge on any atom is -0.508 e. The summed E-state index contributed by atoms with van der Waals surface area (Å²) in [6, 6.07) is 6.98. The van der Waals surface area contributed by atoms with Crippen molar-refractivity contribution in [2.45, 2.75) is 40.2 Å². The molecule has 0 aromatic heterocycles. The van der Waals surface area contributed by atoms with Crippen molar-refractivity contribution in [3.8, 4) is 5.75 Å². The predicted octanol–water partition coefficient (Wildman–Crippen LogP) is 3.29. The minimum absolute atomic E-state index is 0.0236. The van der Waals surface area contributed by atoms with Crippen LogP contribution in [0.4, 0.5) is 0 Å². The second kappa shape index (κ2) is 8.70. The molecule has 0 aliphatic rings. The Bertz CT molecular complexity index is 344. The van der Waals surface area contributed by atoms with Crippen LogP contribution < -0.4 is 5.32 Å². The number of ketones is 1. The van der Waals surface area contributed by atoms with E-state index in [1.807, 2.05) is 46.9 Å². The van der Waals surface area contributed by atoms with Gasteiger partial charge < -0.3 is 10.4 Å². The maximum atomic E-state index is 11.7. The lowest BCUT2D eigenvalue weighted by Crippen LogP contribution is -2.22. The van der Waals surface area contributed by atoms with Gasteiger partial charge in [0.25, 0.3) is 0 Å². The number of hydrogen-bond donors (Lipinski definition) is 2. The number of Topliss-reactive ketones (excluding diaryl/α,β-unsaturated/α-hetero) is 1. The molecule has 3 heteroatoms. The van der Waals surface area contributed by atoms with E-state index >= 15 is 0 Å². The van der Waals surface area contributed by atoms with Crippen LogP contribution in [0.5, 0.6) is 5.75 Å². The second-order valence-corrected chi connectivity index (χ2v) is 4.26. The highest BCUT2D eigenvalue weighted by Crippen LogP contribution is 2.20. The van der Waals surface area contributed by atoms with E-state index in [2.05, 4.69) is 5.32 Å². The van der Waals surface area contributed by atoms with Crippen LogP contribution in [-0.4, -0.2) is 17.9 Å². The molecule has 0 saturated carbocycles. The van der Waals surface area contributed by atoms with Gasteiger partial charge in [-0.15, -0.1) is 0 Å². The molecule has 0 aliphatic carbocycles. The Hall–Kier alpha value is -1.35. The van der Waals surface area contributed by atoms with Crippen LogP contribution in [-0.2, 0) is 4.79 Å². The quantitative estimate of drug-likeness (QED) is 0.844. The van der Waals surface area contributed by atoms with Gasteiger partial charge in [0, 0.05) is 18.4 Å². The maximum Gasteiger partial charge on any atom is 0.137 e. The molecule has 1 rings (SSSR count). The smallest absolute Gasteiger partial charge is 0.137 e. The second-order valence-electron chi connectivity index (χ2n) is 4.26. The molecular weight excluding hydrogens is 226 g/mol. The summed E-state index contributed by atoms with van der Waals surface area (Å²) in [6.45, 7) is 7.82. The van der Waals surface area contributed by atoms with Gasteiger partial charge in [-0.25, -0.2) is 0 Å². The molecule has 2 N–H and O–H groups in total. The van der Waals surface area contributed by atoms with E-state index in [0.29, 0.717) is 6.42 Å². The van der Waals surface area contributed by atoms with Gasteiger partial charge >= 0.3 is 0 Å². The normalized spacial score (nSPS) is 11.7. The average molecular weight is 251 g/mol. The first-order valence-electron chi connectivity index (χ1n) is 6.53. The molecule has 18 heavy (non-hydrogen) atoms. The fourth-order valence-electron chi connectivity index (χ4n) is 1.53. The van der Waals surface area contributed by atoms with Crippen LogP contribution in [0.2, 0.25) is 0 Å². The minimum atomic E-state index is 0.0236. The number of nitrogens with one attached hydrogen (secondary N) is 1. The van der Waals surface area contributed by atoms with Crippen molar-refractivity contribution in [1.82, 2.24) is 5.32 Å². The van der Waals surface area contributed by atoms with Crippen LogP contribution in [0.1, 0.15) is 45.7 Å². The van der Waals surface area contributed by atoms with E-state index in [-0.39, 0.29) is 23.5 Å². The Morgan fingerprint density at radius 2 is 1.72 bits per heavy atom. The Morgan fingerprint density at radius 1 is 1.22 bits per heavy atom. The van der Waals surface area contributed by atoms with Crippen molar-refractivity contribution < 1.29 is 9.90 Å². The molecule has 1 unspecified atom stereocenters. The van der Waals surface area contributed by atoms with Gasteiger partial charge in [0.15, 0.2) is 0 Å². The number of rotatable bonds is 5. The lowest BCUT2D eigenvalue weighted by atomic mass is 9.96. The monoisotopic (exact) mass is 251 g/mol. The van der Waals surface area contributed by atoms with E-state index in [1.165, 1.54) is 0 Å². The molecule has 0 amide bonds. The lowest BCUT2D eigenvalue weighted by molar-refractivity contribution is -0.122. The van der Waals surface area contributed by atoms with E-state index in [0.717, 1.165) is 5.56 Å². The maximum absolute atomic E-state index is 11.7. The first-order chi connectivity index (χ1) is 8.54. The van der Waals surface area contributed by atoms with Crippen molar-refractivity contribution in [3.63, 3.8) is 0 Å². The van der Waals surface area contributed by atoms with Crippen molar-refractivity contribution in [1.29, 1.82) is 0 Å². The molecule has 0 bridgehead atoms. The SMILES string of the molecule is CC.CNC(CC(=O)C(C)C)c1ccc(O)cc1. The molecule has 0 saturated heterocycles. The first kappa shape index (κ1) is 16.6. The summed E-state index contributed by atoms with van der Waals surface area (Å²) in [6.07, 6.45) is 0.485. The Labute approximate surface area is 110 Å². The zero-order valence-corrected chi connectivity index (χ0v) is 12.0. The summed E-state index contributed by atoms with van der Waals surface area (Å²) in [5.74, 6) is 0.550. The Morgan fingerprint density at radius 3 is 2.11 bits per heavy atom. The van der Waals surface area contributed by atoms with E-state index in [9.17, 15) is 9.90 Å². The van der Waals surface area contributed by atoms with Crippen molar-refractivity contribution in [3.05, 3.63) is 29.8 Å². The highest BCUT2D eigenvalue weighted by molar-refractivity contribution is 5.81. The average Bonchev–Trinajstić information content (AvgIpc) is 2.39. The molecule has 0 heterocycles. The number of phenolic OH excluding ortho intramolecular Hbond substituents is 1. The Kier molecular flexibility index (Phi) is 8.05. The van der Waals surface area contributed by atoms with Gasteiger partial charge in [0.2, 0.25) is 0 Å². The summed E-state index contributed by atoms with van der Waals surface area (Å²) in [5, 5.41) is 12.3. The van der Waals surface area contributed by atoms with Crippen LogP contribution in [0.15, 0.2) is 24.3 Å². The van der Waals surface area contributed by atoms with E-state index in [4.69, 9.17) is 0 Å². The largest absolute Gasteiger partial charge is 0.508 e. The molecule has 0 aliphatic heterocycles. The van der Waals surface area contributed by atoms with Gasteiger partial charge in [-0.05, 0) is 24.7 Å². The fraction of sp³-hybridized carbons (Fsp3) is 0.533. The zero-order chi connectivity index (χ0) is 14.1. The van der Waals surface area contributed by atoms with Crippen molar-refractivity contribution in [2.24, 2.45) is 5.92 Å². The zero-order valence-electron chi connectivity index (χ0n) is 12.0. The van der Waals surface area contributed by atoms with Crippen LogP contribution in [0, 0.1) is 5.92 Å².